The summed E-state index contributed by atoms with van der Waals surface area (Å²) < 4.78 is 82.0. The Kier molecular flexibility index (Phi) is 42.7. The summed E-state index contributed by atoms with van der Waals surface area (Å²) in [4.78, 5) is 109. The SMILES string of the molecule is COCCOCCOCCOCCOCCOCCOCCOCCOCCOCCOCCOCCOCCC(=O)NC[C@@H]1C[C@@H](N2C(=O)C=CC2=O)C(=O)N1CC(=O)C[C@H](C(=O)N[C@@H](C)C(=O)Cc1ccc(COC(=O)C(C)(C)C)c(CC[C@@H]2OC[C@@H](O)[C@H](O)[C@H]2O)c1)C(C)C. The van der Waals surface area contributed by atoms with E-state index in [1.807, 2.05) is 0 Å². The number of Topliss-reactive ketones (excluding diaryl/α,β-unsaturated/α-hetero) is 2. The van der Waals surface area contributed by atoms with Gasteiger partial charge in [-0.25, -0.2) is 0 Å². The minimum Gasteiger partial charge on any atom is -0.460 e. The Morgan fingerprint density at radius 3 is 1.53 bits per heavy atom. The molecule has 98 heavy (non-hydrogen) atoms. The highest BCUT2D eigenvalue weighted by atomic mass is 16.6. The molecule has 0 unspecified atom stereocenters. The molecule has 1 aromatic carbocycles. The van der Waals surface area contributed by atoms with Crippen LogP contribution in [0, 0.1) is 17.3 Å². The van der Waals surface area contributed by atoms with Crippen molar-refractivity contribution in [3.05, 3.63) is 47.0 Å². The molecule has 30 nitrogen and oxygen atoms in total. The fourth-order valence-electron chi connectivity index (χ4n) is 10.2. The number of hydrogen-bond acceptors (Lipinski definition) is 26. The molecule has 4 rings (SSSR count). The number of aliphatic hydroxyl groups is 3. The van der Waals surface area contributed by atoms with Crippen LogP contribution in [-0.4, -0.2) is 307 Å². The van der Waals surface area contributed by atoms with Gasteiger partial charge in [-0.1, -0.05) is 32.0 Å². The quantitative estimate of drug-likeness (QED) is 0.0332. The topological polar surface area (TPSA) is 366 Å². The Morgan fingerprint density at radius 2 is 1.08 bits per heavy atom. The zero-order valence-corrected chi connectivity index (χ0v) is 58.5. The number of hydrogen-bond donors (Lipinski definition) is 5. The van der Waals surface area contributed by atoms with Crippen molar-refractivity contribution >= 4 is 47.1 Å². The summed E-state index contributed by atoms with van der Waals surface area (Å²) in [6, 6.07) is 2.19. The third-order valence-electron chi connectivity index (χ3n) is 15.9. The molecular formula is C68H110N4O26. The third kappa shape index (κ3) is 33.9. The zero-order chi connectivity index (χ0) is 71.5. The number of carbonyl (C=O) groups excluding carboxylic acids is 8. The average Bonchev–Trinajstić information content (AvgIpc) is 1.63. The zero-order valence-electron chi connectivity index (χ0n) is 58.5. The summed E-state index contributed by atoms with van der Waals surface area (Å²) in [6.07, 6.45) is -2.66. The summed E-state index contributed by atoms with van der Waals surface area (Å²) in [6.45, 7) is 19.8. The maximum Gasteiger partial charge on any atom is 0.311 e. The van der Waals surface area contributed by atoms with Gasteiger partial charge in [0, 0.05) is 51.0 Å². The molecular weight excluding hydrogens is 1290 g/mol. The first-order valence-corrected chi connectivity index (χ1v) is 34.0. The van der Waals surface area contributed by atoms with E-state index >= 15 is 0 Å². The van der Waals surface area contributed by atoms with Crippen LogP contribution in [0.3, 0.4) is 0 Å². The molecule has 3 aliphatic heterocycles. The number of likely N-dealkylation sites (tertiary alicyclic amines) is 1. The predicted molar refractivity (Wildman–Crippen MR) is 350 cm³/mol. The normalized spacial score (nSPS) is 19.4. The summed E-state index contributed by atoms with van der Waals surface area (Å²) >= 11 is 0. The van der Waals surface area contributed by atoms with Crippen LogP contribution >= 0.6 is 0 Å². The predicted octanol–water partition coefficient (Wildman–Crippen LogP) is 0.284. The molecule has 2 fully saturated rings. The van der Waals surface area contributed by atoms with E-state index in [-0.39, 0.29) is 77.5 Å². The molecule has 0 radical (unpaired) electrons. The van der Waals surface area contributed by atoms with Gasteiger partial charge in [0.2, 0.25) is 17.7 Å². The van der Waals surface area contributed by atoms with Gasteiger partial charge in [0.1, 0.15) is 31.0 Å². The summed E-state index contributed by atoms with van der Waals surface area (Å²) in [7, 11) is 1.63. The highest BCUT2D eigenvalue weighted by Crippen LogP contribution is 2.28. The second kappa shape index (κ2) is 49.3. The van der Waals surface area contributed by atoms with Crippen molar-refractivity contribution in [1.82, 2.24) is 20.4 Å². The molecule has 30 heteroatoms. The molecule has 5 amide bonds. The van der Waals surface area contributed by atoms with Crippen LogP contribution in [0.1, 0.15) is 83.9 Å². The summed E-state index contributed by atoms with van der Waals surface area (Å²) in [5.41, 5.74) is 1.16. The highest BCUT2D eigenvalue weighted by molar-refractivity contribution is 6.15. The summed E-state index contributed by atoms with van der Waals surface area (Å²) in [5, 5.41) is 36.3. The van der Waals surface area contributed by atoms with E-state index in [0.29, 0.717) is 168 Å². The number of methoxy groups -OCH3 is 1. The molecule has 2 saturated heterocycles. The van der Waals surface area contributed by atoms with Crippen molar-refractivity contribution in [3.63, 3.8) is 0 Å². The van der Waals surface area contributed by atoms with E-state index in [4.69, 9.17) is 71.1 Å². The van der Waals surface area contributed by atoms with E-state index in [9.17, 15) is 53.7 Å². The van der Waals surface area contributed by atoms with E-state index in [1.165, 1.54) is 11.8 Å². The maximum absolute atomic E-state index is 14.0. The lowest BCUT2D eigenvalue weighted by Crippen LogP contribution is -2.52. The number of carbonyl (C=O) groups is 8. The lowest BCUT2D eigenvalue weighted by atomic mass is 9.89. The van der Waals surface area contributed by atoms with Crippen molar-refractivity contribution in [1.29, 1.82) is 0 Å². The number of ether oxygens (including phenoxy) is 15. The minimum atomic E-state index is -1.39. The Labute approximate surface area is 575 Å². The molecule has 0 saturated carbocycles. The van der Waals surface area contributed by atoms with Crippen LogP contribution < -0.4 is 10.6 Å². The molecule has 0 aliphatic carbocycles. The van der Waals surface area contributed by atoms with E-state index in [2.05, 4.69) is 10.6 Å². The van der Waals surface area contributed by atoms with Gasteiger partial charge in [-0.05, 0) is 69.6 Å². The van der Waals surface area contributed by atoms with Crippen LogP contribution in [0.25, 0.3) is 0 Å². The Balaban J connectivity index is 1.05. The highest BCUT2D eigenvalue weighted by Gasteiger charge is 2.47. The standard InChI is InChI=1S/C68H110N4O26/c1-48(2)55(65(81)70-49(3)57(74)41-50-8-9-52(46-98-67(83)68(4,5)6)51(40-50)10-11-59-64(80)63(79)58(75)47-97-59)43-54(73)45-71-53(42-56(66(71)82)72-61(77)12-13-62(72)78)44-69-60(76)14-15-85-18-19-87-22-23-89-26-27-91-30-31-93-34-35-95-38-39-96-37-36-94-33-32-92-29-28-90-25-24-88-21-20-86-17-16-84-7/h8-9,12-13,40,48-49,53,55-56,58-59,63-64,75,79-80H,10-11,14-39,41-47H2,1-7H3,(H,69,76)(H,70,81)/t49-,53-,55-,56+,58+,59-,63-,64-/m0/s1. The molecule has 0 aromatic heterocycles. The minimum absolute atomic E-state index is 0.0365. The van der Waals surface area contributed by atoms with Gasteiger partial charge in [0.15, 0.2) is 11.6 Å². The van der Waals surface area contributed by atoms with E-state index in [0.717, 1.165) is 17.1 Å². The van der Waals surface area contributed by atoms with Gasteiger partial charge in [-0.2, -0.15) is 0 Å². The Bertz CT molecular complexity index is 2520. The second-order valence-corrected chi connectivity index (χ2v) is 25.0. The number of benzene rings is 1. The van der Waals surface area contributed by atoms with Crippen LogP contribution in [0.5, 0.6) is 0 Å². The van der Waals surface area contributed by atoms with Crippen molar-refractivity contribution in [2.75, 3.05) is 192 Å². The number of imide groups is 1. The van der Waals surface area contributed by atoms with Gasteiger partial charge in [-0.15, -0.1) is 0 Å². The van der Waals surface area contributed by atoms with Crippen LogP contribution in [-0.2, 0) is 129 Å². The van der Waals surface area contributed by atoms with Crippen LogP contribution in [0.15, 0.2) is 30.4 Å². The van der Waals surface area contributed by atoms with Gasteiger partial charge >= 0.3 is 5.97 Å². The van der Waals surface area contributed by atoms with E-state index in [1.54, 1.807) is 59.9 Å². The molecule has 3 heterocycles. The number of aliphatic hydroxyl groups excluding tert-OH is 3. The van der Waals surface area contributed by atoms with Crippen molar-refractivity contribution in [2.45, 2.75) is 129 Å². The Morgan fingerprint density at radius 1 is 0.622 bits per heavy atom. The molecule has 0 spiro atoms. The van der Waals surface area contributed by atoms with Crippen LogP contribution in [0.4, 0.5) is 0 Å². The molecule has 8 atom stereocenters. The first-order chi connectivity index (χ1) is 47.1. The monoisotopic (exact) mass is 1400 g/mol. The van der Waals surface area contributed by atoms with Crippen molar-refractivity contribution in [2.24, 2.45) is 17.3 Å². The number of rotatable bonds is 57. The second-order valence-electron chi connectivity index (χ2n) is 25.0. The number of amides is 5. The number of nitrogens with zero attached hydrogens (tertiary/aromatic N) is 2. The average molecular weight is 1400 g/mol. The molecule has 3 aliphatic rings. The first-order valence-electron chi connectivity index (χ1n) is 34.0. The number of esters is 1. The number of aryl methyl sites for hydroxylation is 1. The van der Waals surface area contributed by atoms with Gasteiger partial charge in [0.05, 0.1) is 202 Å². The molecule has 1 aromatic rings. The molecule has 0 bridgehead atoms. The Hall–Kier alpha value is -5.36. The van der Waals surface area contributed by atoms with Gasteiger partial charge < -0.3 is 102 Å². The fraction of sp³-hybridized carbons (Fsp3) is 0.765. The van der Waals surface area contributed by atoms with E-state index < -0.39 is 108 Å². The molecule has 5 N–H and O–H groups in total. The fourth-order valence-corrected chi connectivity index (χ4v) is 10.2. The number of ketones is 2. The van der Waals surface area contributed by atoms with Crippen molar-refractivity contribution < 1.29 is 125 Å². The van der Waals surface area contributed by atoms with Crippen molar-refractivity contribution in [3.8, 4) is 0 Å². The molecule has 558 valence electrons. The lowest BCUT2D eigenvalue weighted by molar-refractivity contribution is -0.188. The van der Waals surface area contributed by atoms with Gasteiger partial charge in [0.25, 0.3) is 11.8 Å². The largest absolute Gasteiger partial charge is 0.460 e. The van der Waals surface area contributed by atoms with Gasteiger partial charge in [-0.3, -0.25) is 43.3 Å². The first kappa shape index (κ1) is 85.1. The summed E-state index contributed by atoms with van der Waals surface area (Å²) in [5.74, 6) is -5.61. The lowest BCUT2D eigenvalue weighted by Gasteiger charge is -2.35. The van der Waals surface area contributed by atoms with Crippen LogP contribution in [0.2, 0.25) is 0 Å². The third-order valence-corrected chi connectivity index (χ3v) is 15.9. The maximum atomic E-state index is 14.0. The number of nitrogens with one attached hydrogen (secondary N) is 2. The smallest absolute Gasteiger partial charge is 0.311 e.